The Morgan fingerprint density at radius 2 is 1.38 bits per heavy atom. The zero-order valence-corrected chi connectivity index (χ0v) is 11.1. The molecule has 0 bridgehead atoms. The third-order valence-corrected chi connectivity index (χ3v) is 3.21. The molecule has 5 heteroatoms. The molecule has 0 spiro atoms. The van der Waals surface area contributed by atoms with Crippen LogP contribution in [-0.4, -0.2) is 24.6 Å². The van der Waals surface area contributed by atoms with E-state index in [0.717, 1.165) is 17.0 Å². The van der Waals surface area contributed by atoms with Crippen LogP contribution in [0, 0.1) is 0 Å². The van der Waals surface area contributed by atoms with Crippen LogP contribution in [-0.2, 0) is 0 Å². The van der Waals surface area contributed by atoms with Crippen molar-refractivity contribution >= 4 is 5.78 Å². The molecule has 0 radical (unpaired) electrons. The van der Waals surface area contributed by atoms with Crippen LogP contribution >= 0.6 is 0 Å². The lowest BCUT2D eigenvalue weighted by atomic mass is 10.2. The van der Waals surface area contributed by atoms with Gasteiger partial charge in [0.05, 0.1) is 0 Å². The summed E-state index contributed by atoms with van der Waals surface area (Å²) in [5, 5.41) is 4.21. The Morgan fingerprint density at radius 1 is 0.714 bits per heavy atom. The Bertz CT molecular complexity index is 884. The molecule has 0 fully saturated rings. The van der Waals surface area contributed by atoms with E-state index in [9.17, 15) is 0 Å². The molecule has 2 aromatic carbocycles. The fourth-order valence-electron chi connectivity index (χ4n) is 2.22. The molecule has 0 aliphatic heterocycles. The summed E-state index contributed by atoms with van der Waals surface area (Å²) in [6.45, 7) is 0. The van der Waals surface area contributed by atoms with E-state index in [1.54, 1.807) is 4.52 Å². The lowest BCUT2D eigenvalue weighted by Gasteiger charge is -2.06. The predicted octanol–water partition coefficient (Wildman–Crippen LogP) is 2.85. The molecular weight excluding hydrogens is 262 g/mol. The molecule has 2 aromatic heterocycles. The first kappa shape index (κ1) is 11.7. The van der Waals surface area contributed by atoms with Crippen LogP contribution < -0.4 is 0 Å². The number of aromatic nitrogens is 5. The molecule has 100 valence electrons. The summed E-state index contributed by atoms with van der Waals surface area (Å²) in [5.74, 6) is 1.93. The van der Waals surface area contributed by atoms with Gasteiger partial charge in [-0.3, -0.25) is 0 Å². The minimum absolute atomic E-state index is 0.544. The van der Waals surface area contributed by atoms with Gasteiger partial charge in [-0.15, -0.1) is 0 Å². The number of hydrogen-bond donors (Lipinski definition) is 0. The van der Waals surface area contributed by atoms with Crippen molar-refractivity contribution < 1.29 is 0 Å². The van der Waals surface area contributed by atoms with Crippen LogP contribution in [0.25, 0.3) is 28.6 Å². The summed E-state index contributed by atoms with van der Waals surface area (Å²) >= 11 is 0. The van der Waals surface area contributed by atoms with Gasteiger partial charge in [0.2, 0.25) is 0 Å². The molecule has 0 saturated carbocycles. The second kappa shape index (κ2) is 4.79. The van der Waals surface area contributed by atoms with Gasteiger partial charge in [-0.25, -0.2) is 4.98 Å². The maximum Gasteiger partial charge on any atom is 0.256 e. The molecule has 0 N–H and O–H groups in total. The Kier molecular flexibility index (Phi) is 2.67. The molecule has 4 aromatic rings. The summed E-state index contributed by atoms with van der Waals surface area (Å²) < 4.78 is 1.65. The molecule has 4 rings (SSSR count). The average Bonchev–Trinajstić information content (AvgIpc) is 3.04. The van der Waals surface area contributed by atoms with Gasteiger partial charge in [0.25, 0.3) is 5.78 Å². The van der Waals surface area contributed by atoms with Crippen LogP contribution in [0.3, 0.4) is 0 Å². The van der Waals surface area contributed by atoms with Crippen LogP contribution in [0.4, 0.5) is 0 Å². The fourth-order valence-corrected chi connectivity index (χ4v) is 2.22. The maximum atomic E-state index is 4.66. The maximum absolute atomic E-state index is 4.66. The standard InChI is InChI=1S/C16H11N5/c1-3-7-12(8-4-1)14-19-15(13-9-5-2-6-10-13)21-16(20-14)17-11-18-21/h1-11H. The van der Waals surface area contributed by atoms with E-state index in [2.05, 4.69) is 20.1 Å². The number of fused-ring (bicyclic) bond motifs is 1. The van der Waals surface area contributed by atoms with Gasteiger partial charge in [0.1, 0.15) is 6.33 Å². The second-order valence-corrected chi connectivity index (χ2v) is 4.57. The lowest BCUT2D eigenvalue weighted by Crippen LogP contribution is -2.02. The molecule has 0 saturated heterocycles. The topological polar surface area (TPSA) is 56.0 Å². The van der Waals surface area contributed by atoms with Crippen molar-refractivity contribution in [2.75, 3.05) is 0 Å². The monoisotopic (exact) mass is 273 g/mol. The minimum atomic E-state index is 0.544. The van der Waals surface area contributed by atoms with Crippen molar-refractivity contribution in [1.29, 1.82) is 0 Å². The summed E-state index contributed by atoms with van der Waals surface area (Å²) in [5.41, 5.74) is 1.94. The summed E-state index contributed by atoms with van der Waals surface area (Å²) in [7, 11) is 0. The molecule has 0 aliphatic carbocycles. The number of rotatable bonds is 2. The van der Waals surface area contributed by atoms with Crippen molar-refractivity contribution in [2.24, 2.45) is 0 Å². The smallest absolute Gasteiger partial charge is 0.208 e. The SMILES string of the molecule is c1ccc(-c2nc(-c3ccccc3)n3ncnc3n2)cc1. The number of hydrogen-bond acceptors (Lipinski definition) is 4. The van der Waals surface area contributed by atoms with Crippen molar-refractivity contribution in [2.45, 2.75) is 0 Å². The summed E-state index contributed by atoms with van der Waals surface area (Å²) in [6.07, 6.45) is 1.49. The highest BCUT2D eigenvalue weighted by Gasteiger charge is 2.12. The number of benzene rings is 2. The Balaban J connectivity index is 2.00. The van der Waals surface area contributed by atoms with E-state index in [1.807, 2.05) is 60.7 Å². The Morgan fingerprint density at radius 3 is 2.10 bits per heavy atom. The summed E-state index contributed by atoms with van der Waals surface area (Å²) in [4.78, 5) is 13.3. The summed E-state index contributed by atoms with van der Waals surface area (Å²) in [6, 6.07) is 19.8. The van der Waals surface area contributed by atoms with Crippen LogP contribution in [0.15, 0.2) is 67.0 Å². The third-order valence-electron chi connectivity index (χ3n) is 3.21. The molecular formula is C16H11N5. The van der Waals surface area contributed by atoms with Gasteiger partial charge in [-0.05, 0) is 0 Å². The molecule has 0 aliphatic rings. The fraction of sp³-hybridized carbons (Fsp3) is 0. The van der Waals surface area contributed by atoms with E-state index >= 15 is 0 Å². The van der Waals surface area contributed by atoms with E-state index in [1.165, 1.54) is 6.33 Å². The highest BCUT2D eigenvalue weighted by Crippen LogP contribution is 2.21. The molecule has 0 amide bonds. The van der Waals surface area contributed by atoms with Crippen molar-refractivity contribution in [3.8, 4) is 22.8 Å². The van der Waals surface area contributed by atoms with Crippen LogP contribution in [0.1, 0.15) is 0 Å². The van der Waals surface area contributed by atoms with E-state index < -0.39 is 0 Å². The third kappa shape index (κ3) is 2.04. The zero-order valence-electron chi connectivity index (χ0n) is 11.1. The van der Waals surface area contributed by atoms with Gasteiger partial charge in [-0.1, -0.05) is 60.7 Å². The second-order valence-electron chi connectivity index (χ2n) is 4.57. The average molecular weight is 273 g/mol. The number of nitrogens with zero attached hydrogens (tertiary/aromatic N) is 5. The van der Waals surface area contributed by atoms with Gasteiger partial charge in [0.15, 0.2) is 11.6 Å². The van der Waals surface area contributed by atoms with E-state index in [-0.39, 0.29) is 0 Å². The quantitative estimate of drug-likeness (QED) is 0.563. The van der Waals surface area contributed by atoms with Crippen LogP contribution in [0.5, 0.6) is 0 Å². The lowest BCUT2D eigenvalue weighted by molar-refractivity contribution is 0.907. The first-order chi connectivity index (χ1) is 10.4. The first-order valence-electron chi connectivity index (χ1n) is 6.60. The largest absolute Gasteiger partial charge is 0.256 e. The van der Waals surface area contributed by atoms with Crippen molar-refractivity contribution in [1.82, 2.24) is 24.6 Å². The Hall–Kier alpha value is -3.08. The van der Waals surface area contributed by atoms with Crippen LogP contribution in [0.2, 0.25) is 0 Å². The first-order valence-corrected chi connectivity index (χ1v) is 6.60. The minimum Gasteiger partial charge on any atom is -0.208 e. The normalized spacial score (nSPS) is 10.9. The highest BCUT2D eigenvalue weighted by molar-refractivity contribution is 5.63. The van der Waals surface area contributed by atoms with Gasteiger partial charge >= 0.3 is 0 Å². The predicted molar refractivity (Wildman–Crippen MR) is 79.4 cm³/mol. The molecule has 0 unspecified atom stereocenters. The van der Waals surface area contributed by atoms with Gasteiger partial charge < -0.3 is 0 Å². The van der Waals surface area contributed by atoms with Crippen molar-refractivity contribution in [3.63, 3.8) is 0 Å². The van der Waals surface area contributed by atoms with E-state index in [4.69, 9.17) is 0 Å². The molecule has 2 heterocycles. The molecule has 21 heavy (non-hydrogen) atoms. The van der Waals surface area contributed by atoms with E-state index in [0.29, 0.717) is 11.6 Å². The van der Waals surface area contributed by atoms with Gasteiger partial charge in [-0.2, -0.15) is 19.6 Å². The van der Waals surface area contributed by atoms with Gasteiger partial charge in [0, 0.05) is 11.1 Å². The van der Waals surface area contributed by atoms with Crippen molar-refractivity contribution in [3.05, 3.63) is 67.0 Å². The Labute approximate surface area is 121 Å². The highest BCUT2D eigenvalue weighted by atomic mass is 15.3. The molecule has 0 atom stereocenters. The zero-order chi connectivity index (χ0) is 14.1. The molecule has 5 nitrogen and oxygen atoms in total.